The van der Waals surface area contributed by atoms with Gasteiger partial charge in [-0.05, 0) is 42.1 Å². The van der Waals surface area contributed by atoms with Gasteiger partial charge in [-0.25, -0.2) is 9.10 Å². The van der Waals surface area contributed by atoms with Crippen molar-refractivity contribution in [3.63, 3.8) is 0 Å². The number of allylic oxidation sites excluding steroid dienone is 2. The standard InChI is InChI=1S/C26H19FNO2P/c1-31(27)23(18-10-4-2-5-11-18)16-20(17-24(31)19-12-6-3-7-13-19)28-25(29)21-14-8-9-15-22(21)26(28)30/h2-17H,1H3. The Morgan fingerprint density at radius 1 is 0.677 bits per heavy atom. The molecule has 5 heteroatoms. The minimum absolute atomic E-state index is 0.368. The van der Waals surface area contributed by atoms with Crippen LogP contribution in [0.2, 0.25) is 0 Å². The summed E-state index contributed by atoms with van der Waals surface area (Å²) in [7, 11) is -3.24. The van der Waals surface area contributed by atoms with E-state index in [1.54, 1.807) is 43.1 Å². The highest BCUT2D eigenvalue weighted by Crippen LogP contribution is 2.62. The van der Waals surface area contributed by atoms with Crippen LogP contribution in [0.5, 0.6) is 0 Å². The minimum atomic E-state index is -3.24. The molecule has 3 nitrogen and oxygen atoms in total. The molecule has 0 saturated carbocycles. The van der Waals surface area contributed by atoms with Gasteiger partial charge in [0, 0.05) is 10.6 Å². The molecule has 0 bridgehead atoms. The Hall–Kier alpha value is -3.49. The smallest absolute Gasteiger partial charge is 0.266 e. The summed E-state index contributed by atoms with van der Waals surface area (Å²) < 4.78 is 16.5. The molecular weight excluding hydrogens is 408 g/mol. The maximum Gasteiger partial charge on any atom is 0.266 e. The number of nitrogens with zero attached hydrogens (tertiary/aromatic N) is 1. The molecule has 3 aromatic carbocycles. The summed E-state index contributed by atoms with van der Waals surface area (Å²) in [5, 5.41) is 1.03. The molecule has 1 unspecified atom stereocenters. The Bertz CT molecular complexity index is 1300. The van der Waals surface area contributed by atoms with Crippen LogP contribution in [0.1, 0.15) is 31.8 Å². The molecule has 0 radical (unpaired) electrons. The van der Waals surface area contributed by atoms with Crippen LogP contribution < -0.4 is 0 Å². The van der Waals surface area contributed by atoms with Crippen LogP contribution in [0.15, 0.2) is 103 Å². The average Bonchev–Trinajstić information content (AvgIpc) is 3.05. The zero-order valence-electron chi connectivity index (χ0n) is 16.8. The molecule has 2 heterocycles. The Balaban J connectivity index is 1.74. The van der Waals surface area contributed by atoms with Crippen molar-refractivity contribution < 1.29 is 13.8 Å². The van der Waals surface area contributed by atoms with Crippen molar-refractivity contribution in [1.29, 1.82) is 0 Å². The molecule has 0 fully saturated rings. The van der Waals surface area contributed by atoms with E-state index in [9.17, 15) is 9.59 Å². The van der Waals surface area contributed by atoms with E-state index in [1.165, 1.54) is 0 Å². The first-order valence-electron chi connectivity index (χ1n) is 9.95. The van der Waals surface area contributed by atoms with Gasteiger partial charge in [-0.3, -0.25) is 9.59 Å². The van der Waals surface area contributed by atoms with E-state index in [2.05, 4.69) is 0 Å². The van der Waals surface area contributed by atoms with E-state index < -0.39 is 7.20 Å². The molecule has 152 valence electrons. The van der Waals surface area contributed by atoms with Crippen molar-refractivity contribution in [2.75, 3.05) is 6.66 Å². The molecule has 0 saturated heterocycles. The number of rotatable bonds is 3. The molecule has 3 aromatic rings. The molecule has 0 N–H and O–H groups in total. The number of imide groups is 1. The Kier molecular flexibility index (Phi) is 4.60. The lowest BCUT2D eigenvalue weighted by Gasteiger charge is -2.28. The van der Waals surface area contributed by atoms with Gasteiger partial charge in [0.2, 0.25) is 0 Å². The summed E-state index contributed by atoms with van der Waals surface area (Å²) in [4.78, 5) is 27.4. The van der Waals surface area contributed by atoms with Gasteiger partial charge in [0.25, 0.3) is 11.8 Å². The third kappa shape index (κ3) is 3.11. The summed E-state index contributed by atoms with van der Waals surface area (Å²) in [6.07, 6.45) is 3.33. The molecule has 2 amide bonds. The number of halogens is 1. The summed E-state index contributed by atoms with van der Waals surface area (Å²) in [6.45, 7) is 1.63. The zero-order chi connectivity index (χ0) is 21.6. The first kappa shape index (κ1) is 19.5. The average molecular weight is 427 g/mol. The van der Waals surface area contributed by atoms with Crippen LogP contribution >= 0.6 is 7.20 Å². The molecular formula is C26H19FNO2P. The summed E-state index contributed by atoms with van der Waals surface area (Å²) >= 11 is 0. The summed E-state index contributed by atoms with van der Waals surface area (Å²) in [6, 6.07) is 25.4. The number of carbonyl (C=O) groups is 2. The number of hydrogen-bond donors (Lipinski definition) is 0. The fourth-order valence-corrected chi connectivity index (χ4v) is 6.39. The van der Waals surface area contributed by atoms with Crippen molar-refractivity contribution in [3.8, 4) is 0 Å². The summed E-state index contributed by atoms with van der Waals surface area (Å²) in [5.41, 5.74) is 2.62. The van der Waals surface area contributed by atoms with E-state index in [0.29, 0.717) is 27.4 Å². The number of carbonyl (C=O) groups excluding carboxylic acids is 2. The van der Waals surface area contributed by atoms with Gasteiger partial charge in [0.15, 0.2) is 0 Å². The predicted molar refractivity (Wildman–Crippen MR) is 124 cm³/mol. The lowest BCUT2D eigenvalue weighted by Crippen LogP contribution is -2.29. The second kappa shape index (κ2) is 7.33. The molecule has 2 aliphatic rings. The molecule has 1 atom stereocenters. The highest BCUT2D eigenvalue weighted by Gasteiger charge is 2.39. The molecule has 5 rings (SSSR count). The van der Waals surface area contributed by atoms with E-state index in [4.69, 9.17) is 0 Å². The van der Waals surface area contributed by atoms with Gasteiger partial charge in [0.05, 0.1) is 24.0 Å². The largest absolute Gasteiger partial charge is 0.268 e. The second-order valence-electron chi connectivity index (χ2n) is 7.60. The molecule has 0 aliphatic carbocycles. The van der Waals surface area contributed by atoms with Gasteiger partial charge in [-0.15, -0.1) is 0 Å². The fraction of sp³-hybridized carbons (Fsp3) is 0.0385. The van der Waals surface area contributed by atoms with Crippen LogP contribution in [0, 0.1) is 0 Å². The maximum atomic E-state index is 16.5. The van der Waals surface area contributed by atoms with E-state index >= 15 is 4.20 Å². The number of hydrogen-bond acceptors (Lipinski definition) is 2. The molecule has 31 heavy (non-hydrogen) atoms. The van der Waals surface area contributed by atoms with Crippen LogP contribution in [0.4, 0.5) is 4.20 Å². The first-order chi connectivity index (χ1) is 15.0. The van der Waals surface area contributed by atoms with Crippen molar-refractivity contribution in [2.24, 2.45) is 0 Å². The zero-order valence-corrected chi connectivity index (χ0v) is 17.7. The normalized spacial score (nSPS) is 20.5. The second-order valence-corrected chi connectivity index (χ2v) is 10.4. The maximum absolute atomic E-state index is 16.5. The molecule has 2 aliphatic heterocycles. The number of amides is 2. The topological polar surface area (TPSA) is 37.4 Å². The van der Waals surface area contributed by atoms with E-state index in [1.807, 2.05) is 60.7 Å². The number of benzene rings is 3. The van der Waals surface area contributed by atoms with Crippen LogP contribution in [0.3, 0.4) is 0 Å². The van der Waals surface area contributed by atoms with E-state index in [-0.39, 0.29) is 11.8 Å². The SMILES string of the molecule is CP1(F)=C(c2ccccc2)C=C(N2C(=O)c3ccccc3C2=O)C=C1c1ccccc1. The third-order valence-electron chi connectivity index (χ3n) is 5.67. The van der Waals surface area contributed by atoms with Gasteiger partial charge in [0.1, 0.15) is 0 Å². The Labute approximate surface area is 180 Å². The van der Waals surface area contributed by atoms with Gasteiger partial charge in [-0.2, -0.15) is 0 Å². The third-order valence-corrected chi connectivity index (χ3v) is 8.25. The number of fused-ring (bicyclic) bond motifs is 1. The van der Waals surface area contributed by atoms with Gasteiger partial charge in [-0.1, -0.05) is 72.8 Å². The van der Waals surface area contributed by atoms with Crippen LogP contribution in [-0.4, -0.2) is 28.7 Å². The van der Waals surface area contributed by atoms with Crippen molar-refractivity contribution >= 4 is 29.6 Å². The van der Waals surface area contributed by atoms with Crippen LogP contribution in [-0.2, 0) is 0 Å². The lowest BCUT2D eigenvalue weighted by atomic mass is 10.1. The quantitative estimate of drug-likeness (QED) is 0.381. The fourth-order valence-electron chi connectivity index (χ4n) is 4.12. The van der Waals surface area contributed by atoms with Crippen molar-refractivity contribution in [2.45, 2.75) is 0 Å². The van der Waals surface area contributed by atoms with E-state index in [0.717, 1.165) is 16.0 Å². The van der Waals surface area contributed by atoms with Crippen molar-refractivity contribution in [1.82, 2.24) is 4.90 Å². The predicted octanol–water partition coefficient (Wildman–Crippen LogP) is 5.97. The van der Waals surface area contributed by atoms with Crippen molar-refractivity contribution in [3.05, 3.63) is 125 Å². The highest BCUT2D eigenvalue weighted by atomic mass is 31.2. The molecule has 0 aromatic heterocycles. The Morgan fingerprint density at radius 3 is 1.71 bits per heavy atom. The molecule has 0 spiro atoms. The Morgan fingerprint density at radius 2 is 1.16 bits per heavy atom. The monoisotopic (exact) mass is 427 g/mol. The minimum Gasteiger partial charge on any atom is -0.268 e. The van der Waals surface area contributed by atoms with Crippen LogP contribution in [0.25, 0.3) is 5.31 Å². The summed E-state index contributed by atoms with van der Waals surface area (Å²) in [5.74, 6) is -0.771. The van der Waals surface area contributed by atoms with Gasteiger partial charge < -0.3 is 0 Å². The first-order valence-corrected chi connectivity index (χ1v) is 12.1. The van der Waals surface area contributed by atoms with Gasteiger partial charge >= 0.3 is 0 Å². The lowest BCUT2D eigenvalue weighted by molar-refractivity contribution is 0.0710. The highest BCUT2D eigenvalue weighted by molar-refractivity contribution is 7.81.